The topological polar surface area (TPSA) is 150 Å². The summed E-state index contributed by atoms with van der Waals surface area (Å²) < 4.78 is 5.01. The zero-order valence-corrected chi connectivity index (χ0v) is 13.5. The summed E-state index contributed by atoms with van der Waals surface area (Å²) in [5, 5.41) is 37.4. The molecule has 1 atom stereocenters. The van der Waals surface area contributed by atoms with Gasteiger partial charge >= 0.3 is 5.97 Å². The molecule has 0 saturated carbocycles. The third-order valence-electron chi connectivity index (χ3n) is 3.45. The smallest absolute Gasteiger partial charge is 0.331 e. The number of carbonyl (C=O) groups excluding carboxylic acids is 2. The van der Waals surface area contributed by atoms with E-state index in [0.717, 1.165) is 6.08 Å². The number of amides is 1. The lowest BCUT2D eigenvalue weighted by Crippen LogP contribution is -2.34. The van der Waals surface area contributed by atoms with Crippen molar-refractivity contribution in [3.63, 3.8) is 0 Å². The van der Waals surface area contributed by atoms with E-state index in [1.54, 1.807) is 0 Å². The number of phenolic OH excluding ortho intramolecular Hbond substituents is 4. The molecule has 0 heterocycles. The number of esters is 1. The molecule has 1 amide bonds. The molecule has 0 aliphatic carbocycles. The van der Waals surface area contributed by atoms with Gasteiger partial charge in [-0.05, 0) is 41.5 Å². The number of hydrogen-bond donors (Lipinski definition) is 5. The zero-order valence-electron chi connectivity index (χ0n) is 13.5. The Hall–Kier alpha value is -3.68. The maximum Gasteiger partial charge on any atom is 0.331 e. The first kappa shape index (κ1) is 18.7. The molecule has 6 N–H and O–H groups in total. The second kappa shape index (κ2) is 7.93. The standard InChI is InChI=1S/C18H17NO7/c19-18(25)16(9-11-2-5-13(21)15(23)8-11)26-17(24)6-3-10-1-4-12(20)14(22)7-10/h1-8,16,20-23H,9H2,(H2,19,25). The Morgan fingerprint density at radius 2 is 1.58 bits per heavy atom. The number of carbonyl (C=O) groups is 2. The first-order valence-corrected chi connectivity index (χ1v) is 7.47. The highest BCUT2D eigenvalue weighted by atomic mass is 16.5. The first-order valence-electron chi connectivity index (χ1n) is 7.47. The lowest BCUT2D eigenvalue weighted by Gasteiger charge is -2.14. The van der Waals surface area contributed by atoms with Crippen LogP contribution < -0.4 is 5.73 Å². The van der Waals surface area contributed by atoms with Crippen LogP contribution in [0.25, 0.3) is 6.08 Å². The molecular formula is C18H17NO7. The number of phenols is 4. The van der Waals surface area contributed by atoms with Gasteiger partial charge in [0.2, 0.25) is 0 Å². The van der Waals surface area contributed by atoms with E-state index < -0.39 is 18.0 Å². The average Bonchev–Trinajstić information content (AvgIpc) is 2.58. The minimum atomic E-state index is -1.27. The highest BCUT2D eigenvalue weighted by Crippen LogP contribution is 2.26. The molecule has 2 aromatic rings. The van der Waals surface area contributed by atoms with Gasteiger partial charge in [0, 0.05) is 12.5 Å². The van der Waals surface area contributed by atoms with Gasteiger partial charge in [0.05, 0.1) is 0 Å². The molecule has 0 saturated heterocycles. The van der Waals surface area contributed by atoms with Crippen LogP contribution in [-0.4, -0.2) is 38.4 Å². The number of nitrogens with two attached hydrogens (primary N) is 1. The Morgan fingerprint density at radius 1 is 0.962 bits per heavy atom. The van der Waals surface area contributed by atoms with Crippen LogP contribution in [0.3, 0.4) is 0 Å². The SMILES string of the molecule is NC(=O)C(Cc1ccc(O)c(O)c1)OC(=O)C=Cc1ccc(O)c(O)c1. The van der Waals surface area contributed by atoms with Gasteiger partial charge in [-0.2, -0.15) is 0 Å². The van der Waals surface area contributed by atoms with Crippen LogP contribution >= 0.6 is 0 Å². The summed E-state index contributed by atoms with van der Waals surface area (Å²) >= 11 is 0. The number of hydrogen-bond acceptors (Lipinski definition) is 7. The highest BCUT2D eigenvalue weighted by Gasteiger charge is 2.20. The van der Waals surface area contributed by atoms with Gasteiger partial charge in [0.15, 0.2) is 29.1 Å². The van der Waals surface area contributed by atoms with Crippen molar-refractivity contribution in [1.82, 2.24) is 0 Å². The second-order valence-corrected chi connectivity index (χ2v) is 5.44. The van der Waals surface area contributed by atoms with Crippen molar-refractivity contribution < 1.29 is 34.8 Å². The van der Waals surface area contributed by atoms with Crippen molar-refractivity contribution in [3.05, 3.63) is 53.6 Å². The van der Waals surface area contributed by atoms with E-state index in [0.29, 0.717) is 11.1 Å². The molecule has 8 heteroatoms. The fourth-order valence-electron chi connectivity index (χ4n) is 2.10. The predicted molar refractivity (Wildman–Crippen MR) is 91.4 cm³/mol. The molecule has 2 rings (SSSR count). The Bertz CT molecular complexity index is 861. The minimum Gasteiger partial charge on any atom is -0.504 e. The van der Waals surface area contributed by atoms with E-state index in [1.165, 1.54) is 42.5 Å². The van der Waals surface area contributed by atoms with Crippen LogP contribution in [0.5, 0.6) is 23.0 Å². The molecule has 0 spiro atoms. The molecule has 1 unspecified atom stereocenters. The maximum absolute atomic E-state index is 11.9. The number of primary amides is 1. The first-order chi connectivity index (χ1) is 12.3. The summed E-state index contributed by atoms with van der Waals surface area (Å²) in [6.07, 6.45) is 1.01. The summed E-state index contributed by atoms with van der Waals surface area (Å²) in [5.41, 5.74) is 6.09. The lowest BCUT2D eigenvalue weighted by molar-refractivity contribution is -0.149. The molecule has 0 aromatic heterocycles. The van der Waals surface area contributed by atoms with Crippen LogP contribution in [0.2, 0.25) is 0 Å². The predicted octanol–water partition coefficient (Wildman–Crippen LogP) is 1.16. The normalized spacial score (nSPS) is 12.0. The molecular weight excluding hydrogens is 342 g/mol. The van der Waals surface area contributed by atoms with Gasteiger partial charge in [-0.25, -0.2) is 4.79 Å². The van der Waals surface area contributed by atoms with Crippen molar-refractivity contribution in [3.8, 4) is 23.0 Å². The van der Waals surface area contributed by atoms with E-state index in [-0.39, 0.29) is 29.4 Å². The average molecular weight is 359 g/mol. The molecule has 2 aromatic carbocycles. The van der Waals surface area contributed by atoms with Gasteiger partial charge < -0.3 is 30.9 Å². The lowest BCUT2D eigenvalue weighted by atomic mass is 10.1. The van der Waals surface area contributed by atoms with Crippen LogP contribution in [0, 0.1) is 0 Å². The summed E-state index contributed by atoms with van der Waals surface area (Å²) in [6, 6.07) is 7.88. The number of ether oxygens (including phenoxy) is 1. The number of rotatable bonds is 6. The summed E-state index contributed by atoms with van der Waals surface area (Å²) in [7, 11) is 0. The fourth-order valence-corrected chi connectivity index (χ4v) is 2.10. The number of aromatic hydroxyl groups is 4. The van der Waals surface area contributed by atoms with E-state index in [2.05, 4.69) is 0 Å². The Labute approximate surface area is 148 Å². The third-order valence-corrected chi connectivity index (χ3v) is 3.45. The molecule has 0 aliphatic rings. The molecule has 0 fully saturated rings. The maximum atomic E-state index is 11.9. The van der Waals surface area contributed by atoms with Gasteiger partial charge in [-0.1, -0.05) is 12.1 Å². The van der Waals surface area contributed by atoms with Crippen molar-refractivity contribution in [2.75, 3.05) is 0 Å². The Morgan fingerprint density at radius 3 is 2.15 bits per heavy atom. The minimum absolute atomic E-state index is 0.0806. The summed E-state index contributed by atoms with van der Waals surface area (Å²) in [6.45, 7) is 0. The van der Waals surface area contributed by atoms with Crippen molar-refractivity contribution in [2.45, 2.75) is 12.5 Å². The van der Waals surface area contributed by atoms with Gasteiger partial charge in [0.25, 0.3) is 5.91 Å². The quantitative estimate of drug-likeness (QED) is 0.295. The van der Waals surface area contributed by atoms with E-state index >= 15 is 0 Å². The number of benzene rings is 2. The van der Waals surface area contributed by atoms with E-state index in [9.17, 15) is 30.0 Å². The highest BCUT2D eigenvalue weighted by molar-refractivity contribution is 5.90. The van der Waals surface area contributed by atoms with Gasteiger partial charge in [-0.15, -0.1) is 0 Å². The van der Waals surface area contributed by atoms with Crippen molar-refractivity contribution in [1.29, 1.82) is 0 Å². The Balaban J connectivity index is 2.05. The van der Waals surface area contributed by atoms with Crippen molar-refractivity contribution >= 4 is 18.0 Å². The third kappa shape index (κ3) is 4.91. The fraction of sp³-hybridized carbons (Fsp3) is 0.111. The van der Waals surface area contributed by atoms with Crippen molar-refractivity contribution in [2.24, 2.45) is 5.73 Å². The summed E-state index contributed by atoms with van der Waals surface area (Å²) in [5.74, 6) is -3.05. The molecule has 26 heavy (non-hydrogen) atoms. The van der Waals surface area contributed by atoms with Crippen LogP contribution in [0.4, 0.5) is 0 Å². The van der Waals surface area contributed by atoms with Crippen LogP contribution in [0.1, 0.15) is 11.1 Å². The van der Waals surface area contributed by atoms with Crippen LogP contribution in [-0.2, 0) is 20.7 Å². The van der Waals surface area contributed by atoms with Gasteiger partial charge in [0.1, 0.15) is 0 Å². The Kier molecular flexibility index (Phi) is 5.69. The van der Waals surface area contributed by atoms with Crippen LogP contribution in [0.15, 0.2) is 42.5 Å². The van der Waals surface area contributed by atoms with Gasteiger partial charge in [-0.3, -0.25) is 4.79 Å². The monoisotopic (exact) mass is 359 g/mol. The molecule has 0 bridgehead atoms. The molecule has 0 radical (unpaired) electrons. The van der Waals surface area contributed by atoms with E-state index in [1.807, 2.05) is 0 Å². The van der Waals surface area contributed by atoms with E-state index in [4.69, 9.17) is 10.5 Å². The molecule has 0 aliphatic heterocycles. The summed E-state index contributed by atoms with van der Waals surface area (Å²) in [4.78, 5) is 23.4. The molecule has 8 nitrogen and oxygen atoms in total. The largest absolute Gasteiger partial charge is 0.504 e. The zero-order chi connectivity index (χ0) is 19.3. The second-order valence-electron chi connectivity index (χ2n) is 5.44. The molecule has 136 valence electrons.